The van der Waals surface area contributed by atoms with Gasteiger partial charge >= 0.3 is 0 Å². The maximum atomic E-state index is 13.4. The first-order valence-corrected chi connectivity index (χ1v) is 11.1. The van der Waals surface area contributed by atoms with E-state index in [9.17, 15) is 14.4 Å². The molecule has 1 aliphatic carbocycles. The van der Waals surface area contributed by atoms with Crippen molar-refractivity contribution in [3.8, 4) is 11.8 Å². The molecule has 158 valence electrons. The van der Waals surface area contributed by atoms with Crippen molar-refractivity contribution in [2.75, 3.05) is 0 Å². The van der Waals surface area contributed by atoms with Crippen LogP contribution < -0.4 is 0 Å². The summed E-state index contributed by atoms with van der Waals surface area (Å²) in [6, 6.07) is 17.3. The van der Waals surface area contributed by atoms with Gasteiger partial charge < -0.3 is 0 Å². The number of Topliss-reactive ketones (excluding diaryl/α,β-unsaturated/α-hetero) is 1. The highest BCUT2D eigenvalue weighted by Crippen LogP contribution is 2.46. The molecule has 0 bridgehead atoms. The molecule has 1 heterocycles. The lowest BCUT2D eigenvalue weighted by Crippen LogP contribution is -2.34. The number of benzene rings is 2. The second-order valence-corrected chi connectivity index (χ2v) is 8.43. The molecule has 4 nitrogen and oxygen atoms in total. The second-order valence-electron chi connectivity index (χ2n) is 8.43. The van der Waals surface area contributed by atoms with E-state index < -0.39 is 11.8 Å². The van der Waals surface area contributed by atoms with Crippen molar-refractivity contribution >= 4 is 17.6 Å². The molecule has 0 spiro atoms. The first kappa shape index (κ1) is 21.1. The summed E-state index contributed by atoms with van der Waals surface area (Å²) in [6.45, 7) is 2.39. The predicted molar refractivity (Wildman–Crippen MR) is 119 cm³/mol. The van der Waals surface area contributed by atoms with Crippen LogP contribution in [0.3, 0.4) is 0 Å². The van der Waals surface area contributed by atoms with Crippen molar-refractivity contribution in [3.63, 3.8) is 0 Å². The number of fused-ring (bicyclic) bond motifs is 1. The third-order valence-electron chi connectivity index (χ3n) is 6.32. The Labute approximate surface area is 183 Å². The third kappa shape index (κ3) is 4.32. The number of amides is 2. The number of imide groups is 1. The highest BCUT2D eigenvalue weighted by Gasteiger charge is 2.54. The summed E-state index contributed by atoms with van der Waals surface area (Å²) in [7, 11) is 0. The van der Waals surface area contributed by atoms with Gasteiger partial charge in [0.05, 0.1) is 18.4 Å². The Bertz CT molecular complexity index is 1050. The fraction of sp³-hybridized carbons (Fsp3) is 0.370. The Morgan fingerprint density at radius 3 is 2.39 bits per heavy atom. The van der Waals surface area contributed by atoms with Gasteiger partial charge in [-0.3, -0.25) is 19.3 Å². The maximum absolute atomic E-state index is 13.4. The van der Waals surface area contributed by atoms with E-state index in [1.54, 1.807) is 0 Å². The van der Waals surface area contributed by atoms with Gasteiger partial charge in [-0.2, -0.15) is 0 Å². The van der Waals surface area contributed by atoms with Crippen LogP contribution in [0.25, 0.3) is 0 Å². The van der Waals surface area contributed by atoms with Crippen molar-refractivity contribution in [1.82, 2.24) is 4.90 Å². The zero-order chi connectivity index (χ0) is 21.8. The fourth-order valence-corrected chi connectivity index (χ4v) is 4.76. The van der Waals surface area contributed by atoms with Crippen molar-refractivity contribution in [2.24, 2.45) is 11.8 Å². The maximum Gasteiger partial charge on any atom is 0.234 e. The van der Waals surface area contributed by atoms with Gasteiger partial charge in [0, 0.05) is 30.7 Å². The molecule has 1 saturated heterocycles. The topological polar surface area (TPSA) is 54.5 Å². The van der Waals surface area contributed by atoms with Crippen LogP contribution in [0.4, 0.5) is 0 Å². The number of carbonyl (C=O) groups is 3. The zero-order valence-corrected chi connectivity index (χ0v) is 17.8. The van der Waals surface area contributed by atoms with Crippen molar-refractivity contribution < 1.29 is 14.4 Å². The standard InChI is InChI=1S/C27H27NO3/c1-2-3-4-8-13-20-14-9-10-15-22(20)23-16-21(29)17-24-25(23)27(31)28(26(24)30)18-19-11-6-5-7-12-19/h5-7,9-12,14-15,23-25H,2-4,16-18H2,1H3/t23-,24-,25+/m1/s1. The van der Waals surface area contributed by atoms with Crippen molar-refractivity contribution in [3.05, 3.63) is 71.3 Å². The number of hydrogen-bond donors (Lipinski definition) is 0. The summed E-state index contributed by atoms with van der Waals surface area (Å²) in [5, 5.41) is 0. The van der Waals surface area contributed by atoms with Crippen LogP contribution in [0, 0.1) is 23.7 Å². The van der Waals surface area contributed by atoms with Gasteiger partial charge in [-0.1, -0.05) is 73.7 Å². The van der Waals surface area contributed by atoms with Gasteiger partial charge in [0.2, 0.25) is 11.8 Å². The molecule has 2 fully saturated rings. The SMILES string of the molecule is CCCCC#Cc1ccccc1[C@H]1CC(=O)C[C@H]2C(=O)N(Cc3ccccc3)C(=O)[C@@H]12. The van der Waals surface area contributed by atoms with E-state index in [4.69, 9.17) is 0 Å². The molecule has 1 saturated carbocycles. The lowest BCUT2D eigenvalue weighted by atomic mass is 9.69. The molecule has 2 aromatic rings. The van der Waals surface area contributed by atoms with E-state index in [-0.39, 0.29) is 42.9 Å². The van der Waals surface area contributed by atoms with E-state index in [1.165, 1.54) is 4.90 Å². The van der Waals surface area contributed by atoms with E-state index in [1.807, 2.05) is 54.6 Å². The van der Waals surface area contributed by atoms with E-state index in [0.29, 0.717) is 0 Å². The summed E-state index contributed by atoms with van der Waals surface area (Å²) in [5.41, 5.74) is 2.68. The van der Waals surface area contributed by atoms with Crippen LogP contribution in [0.15, 0.2) is 54.6 Å². The lowest BCUT2D eigenvalue weighted by Gasteiger charge is -2.30. The summed E-state index contributed by atoms with van der Waals surface area (Å²) in [4.78, 5) is 40.5. The van der Waals surface area contributed by atoms with E-state index >= 15 is 0 Å². The van der Waals surface area contributed by atoms with Gasteiger partial charge in [-0.05, 0) is 23.6 Å². The average Bonchev–Trinajstić information content (AvgIpc) is 3.02. The highest BCUT2D eigenvalue weighted by molar-refractivity contribution is 6.08. The quantitative estimate of drug-likeness (QED) is 0.413. The molecule has 2 aromatic carbocycles. The number of carbonyl (C=O) groups excluding carboxylic acids is 3. The summed E-state index contributed by atoms with van der Waals surface area (Å²) >= 11 is 0. The minimum atomic E-state index is -0.566. The van der Waals surface area contributed by atoms with Crippen LogP contribution in [0.1, 0.15) is 61.6 Å². The number of nitrogens with zero attached hydrogens (tertiary/aromatic N) is 1. The average molecular weight is 414 g/mol. The predicted octanol–water partition coefficient (Wildman–Crippen LogP) is 4.48. The summed E-state index contributed by atoms with van der Waals surface area (Å²) in [6.07, 6.45) is 3.39. The first-order valence-electron chi connectivity index (χ1n) is 11.1. The minimum Gasteiger partial charge on any atom is -0.300 e. The van der Waals surface area contributed by atoms with Crippen LogP contribution in [0.5, 0.6) is 0 Å². The molecule has 0 radical (unpaired) electrons. The van der Waals surface area contributed by atoms with Crippen molar-refractivity contribution in [1.29, 1.82) is 0 Å². The number of likely N-dealkylation sites (tertiary alicyclic amines) is 1. The molecule has 4 heteroatoms. The van der Waals surface area contributed by atoms with Gasteiger partial charge in [0.1, 0.15) is 5.78 Å². The largest absolute Gasteiger partial charge is 0.300 e. The Kier molecular flexibility index (Phi) is 6.32. The molecular weight excluding hydrogens is 386 g/mol. The molecular formula is C27H27NO3. The summed E-state index contributed by atoms with van der Waals surface area (Å²) < 4.78 is 0. The van der Waals surface area contributed by atoms with E-state index in [2.05, 4.69) is 18.8 Å². The fourth-order valence-electron chi connectivity index (χ4n) is 4.76. The van der Waals surface area contributed by atoms with Crippen LogP contribution in [-0.2, 0) is 20.9 Å². The first-order chi connectivity index (χ1) is 15.1. The molecule has 2 amide bonds. The Morgan fingerprint density at radius 2 is 1.61 bits per heavy atom. The molecule has 0 unspecified atom stereocenters. The highest BCUT2D eigenvalue weighted by atomic mass is 16.2. The Balaban J connectivity index is 1.66. The van der Waals surface area contributed by atoms with Gasteiger partial charge in [0.25, 0.3) is 0 Å². The Morgan fingerprint density at radius 1 is 0.903 bits per heavy atom. The smallest absolute Gasteiger partial charge is 0.234 e. The normalized spacial score (nSPS) is 22.8. The monoisotopic (exact) mass is 413 g/mol. The molecule has 31 heavy (non-hydrogen) atoms. The van der Waals surface area contributed by atoms with Crippen LogP contribution in [-0.4, -0.2) is 22.5 Å². The lowest BCUT2D eigenvalue weighted by molar-refractivity contribution is -0.141. The molecule has 1 aliphatic heterocycles. The molecule has 4 rings (SSSR count). The molecule has 2 aliphatic rings. The van der Waals surface area contributed by atoms with Gasteiger partial charge in [-0.25, -0.2) is 0 Å². The summed E-state index contributed by atoms with van der Waals surface area (Å²) in [5.74, 6) is 4.76. The molecule has 0 aromatic heterocycles. The zero-order valence-electron chi connectivity index (χ0n) is 17.8. The molecule has 3 atom stereocenters. The second kappa shape index (κ2) is 9.31. The van der Waals surface area contributed by atoms with Crippen LogP contribution in [0.2, 0.25) is 0 Å². The minimum absolute atomic E-state index is 0.0442. The number of ketones is 1. The van der Waals surface area contributed by atoms with Gasteiger partial charge in [-0.15, -0.1) is 0 Å². The number of unbranched alkanes of at least 4 members (excludes halogenated alkanes) is 2. The third-order valence-corrected chi connectivity index (χ3v) is 6.32. The van der Waals surface area contributed by atoms with Gasteiger partial charge in [0.15, 0.2) is 0 Å². The molecule has 0 N–H and O–H groups in total. The number of rotatable bonds is 5. The number of hydrogen-bond acceptors (Lipinski definition) is 3. The Hall–Kier alpha value is -3.19. The van der Waals surface area contributed by atoms with E-state index in [0.717, 1.165) is 36.0 Å². The van der Waals surface area contributed by atoms with Crippen LogP contribution >= 0.6 is 0 Å². The van der Waals surface area contributed by atoms with Crippen molar-refractivity contribution in [2.45, 2.75) is 51.5 Å².